The van der Waals surface area contributed by atoms with E-state index in [2.05, 4.69) is 28.3 Å². The summed E-state index contributed by atoms with van der Waals surface area (Å²) in [4.78, 5) is 10.8. The minimum atomic E-state index is 0.517. The van der Waals surface area contributed by atoms with Crippen LogP contribution in [0.15, 0.2) is 36.7 Å². The quantitative estimate of drug-likeness (QED) is 0.559. The van der Waals surface area contributed by atoms with Gasteiger partial charge in [0.15, 0.2) is 0 Å². The lowest BCUT2D eigenvalue weighted by Crippen LogP contribution is -2.13. The van der Waals surface area contributed by atoms with E-state index in [-0.39, 0.29) is 0 Å². The molecule has 0 aliphatic carbocycles. The van der Waals surface area contributed by atoms with E-state index < -0.39 is 0 Å². The van der Waals surface area contributed by atoms with Crippen molar-refractivity contribution < 1.29 is 4.74 Å². The highest BCUT2D eigenvalue weighted by atomic mass is 32.1. The SMILES string of the molecule is Cc1cc2c(NCCOc3ccccc3N)ncnc2s1. The second kappa shape index (κ2) is 5.97. The number of para-hydroxylation sites is 2. The van der Waals surface area contributed by atoms with Gasteiger partial charge in [-0.3, -0.25) is 0 Å². The average Bonchev–Trinajstić information content (AvgIpc) is 2.86. The molecule has 1 aromatic carbocycles. The Morgan fingerprint density at radius 3 is 3.00 bits per heavy atom. The molecule has 0 bridgehead atoms. The van der Waals surface area contributed by atoms with Crippen LogP contribution in [0, 0.1) is 6.92 Å². The Balaban J connectivity index is 1.61. The van der Waals surface area contributed by atoms with Gasteiger partial charge in [-0.15, -0.1) is 11.3 Å². The van der Waals surface area contributed by atoms with Crippen LogP contribution in [0.3, 0.4) is 0 Å². The number of rotatable bonds is 5. The van der Waals surface area contributed by atoms with Gasteiger partial charge in [-0.1, -0.05) is 12.1 Å². The predicted molar refractivity (Wildman–Crippen MR) is 87.0 cm³/mol. The fraction of sp³-hybridized carbons (Fsp3) is 0.200. The van der Waals surface area contributed by atoms with E-state index in [0.717, 1.165) is 16.0 Å². The molecule has 3 rings (SSSR count). The Kier molecular flexibility index (Phi) is 3.87. The van der Waals surface area contributed by atoms with Crippen LogP contribution in [0.4, 0.5) is 11.5 Å². The van der Waals surface area contributed by atoms with Crippen molar-refractivity contribution in [1.29, 1.82) is 0 Å². The zero-order chi connectivity index (χ0) is 14.7. The molecule has 0 fully saturated rings. The molecule has 21 heavy (non-hydrogen) atoms. The monoisotopic (exact) mass is 300 g/mol. The van der Waals surface area contributed by atoms with Gasteiger partial charge < -0.3 is 15.8 Å². The molecule has 0 unspecified atom stereocenters. The van der Waals surface area contributed by atoms with E-state index in [1.54, 1.807) is 17.7 Å². The van der Waals surface area contributed by atoms with Crippen molar-refractivity contribution in [3.63, 3.8) is 0 Å². The molecular formula is C15H16N4OS. The highest BCUT2D eigenvalue weighted by Crippen LogP contribution is 2.27. The number of nitrogens with zero attached hydrogens (tertiary/aromatic N) is 2. The third-order valence-electron chi connectivity index (χ3n) is 3.02. The van der Waals surface area contributed by atoms with Crippen LogP contribution in [0.1, 0.15) is 4.88 Å². The van der Waals surface area contributed by atoms with Gasteiger partial charge in [-0.2, -0.15) is 0 Å². The molecule has 0 atom stereocenters. The Labute approximate surface area is 126 Å². The standard InChI is InChI=1S/C15H16N4OS/c1-10-8-11-14(18-9-19-15(11)21-10)17-6-7-20-13-5-3-2-4-12(13)16/h2-5,8-9H,6-7,16H2,1H3,(H,17,18,19). The number of nitrogens with two attached hydrogens (primary N) is 1. The number of aromatic nitrogens is 2. The maximum atomic E-state index is 5.83. The highest BCUT2D eigenvalue weighted by Gasteiger charge is 2.06. The summed E-state index contributed by atoms with van der Waals surface area (Å²) in [6, 6.07) is 9.57. The van der Waals surface area contributed by atoms with Crippen LogP contribution in [0.2, 0.25) is 0 Å². The maximum Gasteiger partial charge on any atom is 0.142 e. The first-order valence-corrected chi connectivity index (χ1v) is 7.48. The molecule has 0 spiro atoms. The minimum absolute atomic E-state index is 0.517. The van der Waals surface area contributed by atoms with Gasteiger partial charge in [0.1, 0.15) is 29.3 Å². The summed E-state index contributed by atoms with van der Waals surface area (Å²) in [5, 5.41) is 4.34. The Morgan fingerprint density at radius 2 is 2.14 bits per heavy atom. The van der Waals surface area contributed by atoms with Gasteiger partial charge >= 0.3 is 0 Å². The number of nitrogen functional groups attached to an aromatic ring is 1. The van der Waals surface area contributed by atoms with Crippen molar-refractivity contribution in [3.05, 3.63) is 41.5 Å². The lowest BCUT2D eigenvalue weighted by atomic mass is 10.3. The molecule has 0 saturated carbocycles. The molecule has 2 heterocycles. The van der Waals surface area contributed by atoms with E-state index in [1.807, 2.05) is 24.3 Å². The van der Waals surface area contributed by atoms with E-state index >= 15 is 0 Å². The largest absolute Gasteiger partial charge is 0.490 e. The molecule has 0 radical (unpaired) electrons. The van der Waals surface area contributed by atoms with Crippen LogP contribution < -0.4 is 15.8 Å². The second-order valence-electron chi connectivity index (χ2n) is 4.61. The van der Waals surface area contributed by atoms with E-state index in [1.165, 1.54) is 4.88 Å². The molecule has 0 saturated heterocycles. The number of fused-ring (bicyclic) bond motifs is 1. The topological polar surface area (TPSA) is 73.1 Å². The van der Waals surface area contributed by atoms with Gasteiger partial charge in [0.05, 0.1) is 17.6 Å². The summed E-state index contributed by atoms with van der Waals surface area (Å²) in [7, 11) is 0. The van der Waals surface area contributed by atoms with Gasteiger partial charge in [-0.05, 0) is 25.1 Å². The van der Waals surface area contributed by atoms with Gasteiger partial charge in [-0.25, -0.2) is 9.97 Å². The number of hydrogen-bond donors (Lipinski definition) is 2. The summed E-state index contributed by atoms with van der Waals surface area (Å²) < 4.78 is 5.65. The molecule has 6 heteroatoms. The fourth-order valence-electron chi connectivity index (χ4n) is 2.06. The average molecular weight is 300 g/mol. The smallest absolute Gasteiger partial charge is 0.142 e. The zero-order valence-electron chi connectivity index (χ0n) is 11.7. The molecule has 0 amide bonds. The normalized spacial score (nSPS) is 10.7. The molecular weight excluding hydrogens is 284 g/mol. The molecule has 5 nitrogen and oxygen atoms in total. The van der Waals surface area contributed by atoms with Crippen molar-refractivity contribution in [2.45, 2.75) is 6.92 Å². The third kappa shape index (κ3) is 3.05. The number of anilines is 2. The van der Waals surface area contributed by atoms with Crippen molar-refractivity contribution in [2.75, 3.05) is 24.2 Å². The van der Waals surface area contributed by atoms with Crippen LogP contribution in [0.25, 0.3) is 10.2 Å². The van der Waals surface area contributed by atoms with Crippen LogP contribution in [-0.2, 0) is 0 Å². The van der Waals surface area contributed by atoms with Gasteiger partial charge in [0.2, 0.25) is 0 Å². The van der Waals surface area contributed by atoms with Crippen molar-refractivity contribution in [3.8, 4) is 5.75 Å². The fourth-order valence-corrected chi connectivity index (χ4v) is 2.91. The van der Waals surface area contributed by atoms with Crippen LogP contribution in [0.5, 0.6) is 5.75 Å². The van der Waals surface area contributed by atoms with Crippen LogP contribution >= 0.6 is 11.3 Å². The number of nitrogens with one attached hydrogen (secondary N) is 1. The minimum Gasteiger partial charge on any atom is -0.490 e. The molecule has 3 aromatic rings. The van der Waals surface area contributed by atoms with Gasteiger partial charge in [0.25, 0.3) is 0 Å². The van der Waals surface area contributed by atoms with Crippen molar-refractivity contribution in [1.82, 2.24) is 9.97 Å². The number of thiophene rings is 1. The van der Waals surface area contributed by atoms with Crippen molar-refractivity contribution >= 4 is 33.1 Å². The lowest BCUT2D eigenvalue weighted by molar-refractivity contribution is 0.334. The zero-order valence-corrected chi connectivity index (χ0v) is 12.5. The molecule has 2 aromatic heterocycles. The maximum absolute atomic E-state index is 5.83. The molecule has 0 aliphatic heterocycles. The lowest BCUT2D eigenvalue weighted by Gasteiger charge is -2.10. The molecule has 3 N–H and O–H groups in total. The summed E-state index contributed by atoms with van der Waals surface area (Å²) in [6.07, 6.45) is 1.58. The van der Waals surface area contributed by atoms with E-state index in [4.69, 9.17) is 10.5 Å². The number of benzene rings is 1. The predicted octanol–water partition coefficient (Wildman–Crippen LogP) is 3.07. The number of ether oxygens (including phenoxy) is 1. The molecule has 108 valence electrons. The summed E-state index contributed by atoms with van der Waals surface area (Å²) in [6.45, 7) is 3.23. The van der Waals surface area contributed by atoms with Crippen LogP contribution in [-0.4, -0.2) is 23.1 Å². The summed E-state index contributed by atoms with van der Waals surface area (Å²) >= 11 is 1.67. The second-order valence-corrected chi connectivity index (χ2v) is 5.85. The first-order valence-electron chi connectivity index (χ1n) is 6.66. The number of aryl methyl sites for hydroxylation is 1. The Hall–Kier alpha value is -2.34. The highest BCUT2D eigenvalue weighted by molar-refractivity contribution is 7.18. The number of hydrogen-bond acceptors (Lipinski definition) is 6. The van der Waals surface area contributed by atoms with E-state index in [0.29, 0.717) is 24.6 Å². The summed E-state index contributed by atoms with van der Waals surface area (Å²) in [5.74, 6) is 1.55. The van der Waals surface area contributed by atoms with Crippen molar-refractivity contribution in [2.24, 2.45) is 0 Å². The molecule has 0 aliphatic rings. The first kappa shape index (κ1) is 13.6. The summed E-state index contributed by atoms with van der Waals surface area (Å²) in [5.41, 5.74) is 6.47. The van der Waals surface area contributed by atoms with Gasteiger partial charge in [0, 0.05) is 4.88 Å². The Morgan fingerprint density at radius 1 is 1.29 bits per heavy atom. The van der Waals surface area contributed by atoms with E-state index in [9.17, 15) is 0 Å². The third-order valence-corrected chi connectivity index (χ3v) is 3.98. The Bertz CT molecular complexity index is 756. The first-order chi connectivity index (χ1) is 10.2.